The summed E-state index contributed by atoms with van der Waals surface area (Å²) >= 11 is 0. The van der Waals surface area contributed by atoms with Crippen LogP contribution in [0.25, 0.3) is 0 Å². The summed E-state index contributed by atoms with van der Waals surface area (Å²) in [6, 6.07) is 0.263. The molecule has 3 nitrogen and oxygen atoms in total. The van der Waals surface area contributed by atoms with Crippen LogP contribution < -0.4 is 0 Å². The van der Waals surface area contributed by atoms with E-state index in [0.717, 1.165) is 13.0 Å². The monoisotopic (exact) mass is 157 g/mol. The molecule has 0 N–H and O–H groups in total. The van der Waals surface area contributed by atoms with Crippen molar-refractivity contribution in [3.05, 3.63) is 0 Å². The van der Waals surface area contributed by atoms with Gasteiger partial charge in [-0.2, -0.15) is 0 Å². The SMILES string of the molecule is CCC1CN(C(C)C)C(=O)O1. The normalized spacial score (nSPS) is 24.5. The maximum atomic E-state index is 11.1. The lowest BCUT2D eigenvalue weighted by atomic mass is 10.2. The molecular formula is C8H15NO2. The van der Waals surface area contributed by atoms with E-state index in [1.54, 1.807) is 4.90 Å². The van der Waals surface area contributed by atoms with E-state index in [4.69, 9.17) is 4.74 Å². The Morgan fingerprint density at radius 1 is 1.73 bits per heavy atom. The second kappa shape index (κ2) is 3.11. The van der Waals surface area contributed by atoms with Crippen molar-refractivity contribution in [3.63, 3.8) is 0 Å². The molecule has 1 aliphatic rings. The van der Waals surface area contributed by atoms with Gasteiger partial charge in [0.25, 0.3) is 0 Å². The fraction of sp³-hybridized carbons (Fsp3) is 0.875. The highest BCUT2D eigenvalue weighted by Gasteiger charge is 2.31. The van der Waals surface area contributed by atoms with E-state index in [0.29, 0.717) is 0 Å². The van der Waals surface area contributed by atoms with Crippen molar-refractivity contribution in [1.82, 2.24) is 4.90 Å². The van der Waals surface area contributed by atoms with Crippen molar-refractivity contribution in [2.24, 2.45) is 0 Å². The first-order valence-electron chi connectivity index (χ1n) is 4.12. The average Bonchev–Trinajstić information content (AvgIpc) is 2.30. The van der Waals surface area contributed by atoms with Crippen LogP contribution in [0, 0.1) is 0 Å². The van der Waals surface area contributed by atoms with Gasteiger partial charge in [-0.25, -0.2) is 4.79 Å². The maximum absolute atomic E-state index is 11.1. The highest BCUT2D eigenvalue weighted by Crippen LogP contribution is 2.15. The van der Waals surface area contributed by atoms with Crippen LogP contribution in [0.5, 0.6) is 0 Å². The quantitative estimate of drug-likeness (QED) is 0.609. The van der Waals surface area contributed by atoms with Gasteiger partial charge >= 0.3 is 6.09 Å². The number of rotatable bonds is 2. The van der Waals surface area contributed by atoms with Crippen molar-refractivity contribution in [2.75, 3.05) is 6.54 Å². The average molecular weight is 157 g/mol. The molecule has 0 radical (unpaired) electrons. The van der Waals surface area contributed by atoms with Crippen LogP contribution in [0.2, 0.25) is 0 Å². The van der Waals surface area contributed by atoms with Crippen LogP contribution in [-0.2, 0) is 4.74 Å². The smallest absolute Gasteiger partial charge is 0.410 e. The van der Waals surface area contributed by atoms with E-state index in [2.05, 4.69) is 0 Å². The number of carbonyl (C=O) groups excluding carboxylic acids is 1. The van der Waals surface area contributed by atoms with Crippen LogP contribution in [0.15, 0.2) is 0 Å². The van der Waals surface area contributed by atoms with Crippen LogP contribution in [0.4, 0.5) is 4.79 Å². The summed E-state index contributed by atoms with van der Waals surface area (Å²) in [6.07, 6.45) is 0.867. The third-order valence-corrected chi connectivity index (χ3v) is 1.98. The minimum Gasteiger partial charge on any atom is -0.444 e. The highest BCUT2D eigenvalue weighted by atomic mass is 16.6. The third kappa shape index (κ3) is 1.64. The van der Waals surface area contributed by atoms with Crippen molar-refractivity contribution < 1.29 is 9.53 Å². The number of hydrogen-bond acceptors (Lipinski definition) is 2. The number of hydrogen-bond donors (Lipinski definition) is 0. The standard InChI is InChI=1S/C8H15NO2/c1-4-7-5-9(6(2)3)8(10)11-7/h6-7H,4-5H2,1-3H3. The summed E-state index contributed by atoms with van der Waals surface area (Å²) in [6.45, 7) is 6.79. The molecule has 0 aromatic rings. The second-order valence-corrected chi connectivity index (χ2v) is 3.16. The molecule has 1 unspecified atom stereocenters. The number of nitrogens with zero attached hydrogens (tertiary/aromatic N) is 1. The number of carbonyl (C=O) groups is 1. The third-order valence-electron chi connectivity index (χ3n) is 1.98. The molecular weight excluding hydrogens is 142 g/mol. The van der Waals surface area contributed by atoms with Gasteiger partial charge in [-0.1, -0.05) is 6.92 Å². The molecule has 0 saturated carbocycles. The second-order valence-electron chi connectivity index (χ2n) is 3.16. The van der Waals surface area contributed by atoms with Gasteiger partial charge in [0.2, 0.25) is 0 Å². The molecule has 1 amide bonds. The molecule has 11 heavy (non-hydrogen) atoms. The maximum Gasteiger partial charge on any atom is 0.410 e. The van der Waals surface area contributed by atoms with E-state index in [9.17, 15) is 4.79 Å². The van der Waals surface area contributed by atoms with E-state index >= 15 is 0 Å². The van der Waals surface area contributed by atoms with Crippen LogP contribution in [0.3, 0.4) is 0 Å². The molecule has 1 fully saturated rings. The zero-order chi connectivity index (χ0) is 8.43. The summed E-state index contributed by atoms with van der Waals surface area (Å²) in [5, 5.41) is 0. The number of amides is 1. The molecule has 0 bridgehead atoms. The topological polar surface area (TPSA) is 29.5 Å². The minimum absolute atomic E-state index is 0.116. The Bertz CT molecular complexity index is 156. The van der Waals surface area contributed by atoms with E-state index < -0.39 is 0 Å². The first-order valence-corrected chi connectivity index (χ1v) is 4.12. The van der Waals surface area contributed by atoms with Crippen LogP contribution in [0.1, 0.15) is 27.2 Å². The Morgan fingerprint density at radius 2 is 2.36 bits per heavy atom. The predicted octanol–water partition coefficient (Wildman–Crippen LogP) is 1.63. The number of cyclic esters (lactones) is 1. The van der Waals surface area contributed by atoms with Crippen molar-refractivity contribution >= 4 is 6.09 Å². The largest absolute Gasteiger partial charge is 0.444 e. The minimum atomic E-state index is -0.160. The summed E-state index contributed by atoms with van der Waals surface area (Å²) in [4.78, 5) is 12.8. The Hall–Kier alpha value is -0.730. The van der Waals surface area contributed by atoms with Crippen LogP contribution in [-0.4, -0.2) is 29.7 Å². The summed E-state index contributed by atoms with van der Waals surface area (Å²) in [5.74, 6) is 0. The Kier molecular flexibility index (Phi) is 2.37. The summed E-state index contributed by atoms with van der Waals surface area (Å²) < 4.78 is 5.07. The highest BCUT2D eigenvalue weighted by molar-refractivity contribution is 5.70. The van der Waals surface area contributed by atoms with Crippen molar-refractivity contribution in [1.29, 1.82) is 0 Å². The molecule has 0 spiro atoms. The van der Waals surface area contributed by atoms with Gasteiger partial charge in [-0.15, -0.1) is 0 Å². The summed E-state index contributed by atoms with van der Waals surface area (Å²) in [7, 11) is 0. The predicted molar refractivity (Wildman–Crippen MR) is 42.4 cm³/mol. The van der Waals surface area contributed by atoms with Crippen LogP contribution >= 0.6 is 0 Å². The molecule has 0 aromatic heterocycles. The zero-order valence-electron chi connectivity index (χ0n) is 7.33. The van der Waals surface area contributed by atoms with E-state index in [1.165, 1.54) is 0 Å². The lowest BCUT2D eigenvalue weighted by Crippen LogP contribution is -2.31. The lowest BCUT2D eigenvalue weighted by molar-refractivity contribution is 0.128. The molecule has 0 aliphatic carbocycles. The fourth-order valence-corrected chi connectivity index (χ4v) is 1.18. The molecule has 1 heterocycles. The Balaban J connectivity index is 2.52. The van der Waals surface area contributed by atoms with Gasteiger partial charge < -0.3 is 9.64 Å². The van der Waals surface area contributed by atoms with Crippen molar-refractivity contribution in [2.45, 2.75) is 39.3 Å². The molecule has 64 valence electrons. The fourth-order valence-electron chi connectivity index (χ4n) is 1.18. The van der Waals surface area contributed by atoms with Gasteiger partial charge in [0.15, 0.2) is 0 Å². The van der Waals surface area contributed by atoms with E-state index in [-0.39, 0.29) is 18.2 Å². The van der Waals surface area contributed by atoms with E-state index in [1.807, 2.05) is 20.8 Å². The van der Waals surface area contributed by atoms with Gasteiger partial charge in [0, 0.05) is 6.04 Å². The van der Waals surface area contributed by atoms with Gasteiger partial charge in [-0.3, -0.25) is 0 Å². The first-order chi connectivity index (χ1) is 5.15. The molecule has 1 saturated heterocycles. The zero-order valence-corrected chi connectivity index (χ0v) is 7.33. The molecule has 1 atom stereocenters. The number of ether oxygens (including phenoxy) is 1. The molecule has 0 aromatic carbocycles. The lowest BCUT2D eigenvalue weighted by Gasteiger charge is -2.16. The summed E-state index contributed by atoms with van der Waals surface area (Å²) in [5.41, 5.74) is 0. The van der Waals surface area contributed by atoms with Gasteiger partial charge in [-0.05, 0) is 20.3 Å². The van der Waals surface area contributed by atoms with Gasteiger partial charge in [0.05, 0.1) is 6.54 Å². The van der Waals surface area contributed by atoms with Crippen molar-refractivity contribution in [3.8, 4) is 0 Å². The van der Waals surface area contributed by atoms with Gasteiger partial charge in [0.1, 0.15) is 6.10 Å². The molecule has 1 rings (SSSR count). The Morgan fingerprint density at radius 3 is 2.64 bits per heavy atom. The molecule has 3 heteroatoms. The molecule has 1 aliphatic heterocycles. The first kappa shape index (κ1) is 8.37. The Labute approximate surface area is 67.3 Å².